The number of aryl methyl sites for hydroxylation is 1. The summed E-state index contributed by atoms with van der Waals surface area (Å²) in [4.78, 5) is 31.1. The minimum Gasteiger partial charge on any atom is -0.462 e. The topological polar surface area (TPSA) is 80.8 Å². The smallest absolute Gasteiger partial charge is 0.408 e. The molecule has 0 radical (unpaired) electrons. The van der Waals surface area contributed by atoms with Gasteiger partial charge < -0.3 is 19.7 Å². The van der Waals surface area contributed by atoms with Crippen molar-refractivity contribution in [2.75, 3.05) is 18.1 Å². The first kappa shape index (κ1) is 19.5. The second-order valence-corrected chi connectivity index (χ2v) is 7.99. The van der Waals surface area contributed by atoms with Crippen molar-refractivity contribution < 1.29 is 19.1 Å². The van der Waals surface area contributed by atoms with Crippen LogP contribution in [0.25, 0.3) is 0 Å². The number of carbonyl (C=O) groups excluding carboxylic acids is 2. The minimum atomic E-state index is -0.518. The lowest BCUT2D eigenvalue weighted by Crippen LogP contribution is -2.67. The van der Waals surface area contributed by atoms with E-state index >= 15 is 0 Å². The number of nitrogens with one attached hydrogen (secondary N) is 1. The Morgan fingerprint density at radius 1 is 1.36 bits per heavy atom. The van der Waals surface area contributed by atoms with Crippen molar-refractivity contribution >= 4 is 28.5 Å². The van der Waals surface area contributed by atoms with Crippen molar-refractivity contribution in [2.45, 2.75) is 65.6 Å². The molecule has 0 bridgehead atoms. The largest absolute Gasteiger partial charge is 0.462 e. The van der Waals surface area contributed by atoms with Crippen LogP contribution in [0.5, 0.6) is 0 Å². The van der Waals surface area contributed by atoms with Gasteiger partial charge in [0.1, 0.15) is 10.5 Å². The fourth-order valence-corrected chi connectivity index (χ4v) is 3.79. The van der Waals surface area contributed by atoms with Crippen LogP contribution in [-0.2, 0) is 9.47 Å². The molecule has 2 rings (SSSR count). The van der Waals surface area contributed by atoms with E-state index in [1.54, 1.807) is 6.92 Å². The summed E-state index contributed by atoms with van der Waals surface area (Å²) in [5.41, 5.74) is 0.160. The first-order valence-corrected chi connectivity index (χ1v) is 9.38. The molecule has 1 aromatic rings. The van der Waals surface area contributed by atoms with E-state index in [-0.39, 0.29) is 18.1 Å². The fraction of sp³-hybridized carbons (Fsp3) is 0.706. The van der Waals surface area contributed by atoms with Gasteiger partial charge in [-0.1, -0.05) is 18.3 Å². The Bertz CT molecular complexity index is 638. The molecule has 0 aliphatic carbocycles. The van der Waals surface area contributed by atoms with Crippen LogP contribution in [0.2, 0.25) is 0 Å². The van der Waals surface area contributed by atoms with Crippen molar-refractivity contribution in [3.05, 3.63) is 10.6 Å². The van der Waals surface area contributed by atoms with Gasteiger partial charge in [-0.3, -0.25) is 0 Å². The number of hydrogen-bond donors (Lipinski definition) is 1. The summed E-state index contributed by atoms with van der Waals surface area (Å²) >= 11 is 1.34. The number of esters is 1. The summed E-state index contributed by atoms with van der Waals surface area (Å²) in [5.74, 6) is -0.333. The van der Waals surface area contributed by atoms with Crippen LogP contribution in [0.3, 0.4) is 0 Å². The SMILES string of the molecule is CCOC(=O)c1sc(N2C[C@@H](NC(=O)OC(C)(C)C)[C@@H]2CC)nc1C. The molecule has 1 amide bonds. The molecule has 1 saturated heterocycles. The van der Waals surface area contributed by atoms with E-state index in [0.29, 0.717) is 23.7 Å². The van der Waals surface area contributed by atoms with E-state index < -0.39 is 11.7 Å². The molecule has 1 fully saturated rings. The lowest BCUT2D eigenvalue weighted by Gasteiger charge is -2.47. The number of carbonyl (C=O) groups is 2. The minimum absolute atomic E-state index is 0.00935. The van der Waals surface area contributed by atoms with E-state index in [1.807, 2.05) is 27.7 Å². The highest BCUT2D eigenvalue weighted by Crippen LogP contribution is 2.34. The van der Waals surface area contributed by atoms with Gasteiger partial charge in [-0.15, -0.1) is 0 Å². The zero-order chi connectivity index (χ0) is 18.8. The van der Waals surface area contributed by atoms with Crippen LogP contribution >= 0.6 is 11.3 Å². The predicted molar refractivity (Wildman–Crippen MR) is 97.4 cm³/mol. The second-order valence-electron chi connectivity index (χ2n) is 7.01. The number of ether oxygens (including phenoxy) is 2. The molecule has 2 heterocycles. The first-order chi connectivity index (χ1) is 11.7. The van der Waals surface area contributed by atoms with Gasteiger partial charge in [0.15, 0.2) is 5.13 Å². The number of alkyl carbamates (subject to hydrolysis) is 1. The third kappa shape index (κ3) is 4.62. The maximum absolute atomic E-state index is 12.0. The normalized spacial score (nSPS) is 20.0. The Hall–Kier alpha value is -1.83. The lowest BCUT2D eigenvalue weighted by atomic mass is 9.95. The molecule has 0 aromatic carbocycles. The zero-order valence-corrected chi connectivity index (χ0v) is 16.5. The third-order valence-electron chi connectivity index (χ3n) is 3.87. The number of aromatic nitrogens is 1. The first-order valence-electron chi connectivity index (χ1n) is 8.57. The maximum atomic E-state index is 12.0. The van der Waals surface area contributed by atoms with Gasteiger partial charge in [0.2, 0.25) is 0 Å². The molecule has 1 aromatic heterocycles. The van der Waals surface area contributed by atoms with Gasteiger partial charge in [0.25, 0.3) is 0 Å². The Morgan fingerprint density at radius 2 is 2.04 bits per heavy atom. The monoisotopic (exact) mass is 369 g/mol. The quantitative estimate of drug-likeness (QED) is 0.803. The van der Waals surface area contributed by atoms with E-state index in [0.717, 1.165) is 11.6 Å². The van der Waals surface area contributed by atoms with Crippen LogP contribution in [-0.4, -0.2) is 47.9 Å². The average molecular weight is 369 g/mol. The molecule has 1 N–H and O–H groups in total. The third-order valence-corrected chi connectivity index (χ3v) is 5.04. The fourth-order valence-electron chi connectivity index (χ4n) is 2.76. The van der Waals surface area contributed by atoms with E-state index in [9.17, 15) is 9.59 Å². The van der Waals surface area contributed by atoms with Gasteiger partial charge in [0, 0.05) is 6.54 Å². The number of rotatable bonds is 5. The Balaban J connectivity index is 2.02. The summed E-state index contributed by atoms with van der Waals surface area (Å²) in [6, 6.07) is 0.142. The molecule has 1 aliphatic rings. The van der Waals surface area contributed by atoms with Gasteiger partial charge in [0.05, 0.1) is 24.4 Å². The molecule has 0 unspecified atom stereocenters. The average Bonchev–Trinajstić information content (AvgIpc) is 2.83. The van der Waals surface area contributed by atoms with Gasteiger partial charge in [-0.05, 0) is 41.0 Å². The molecule has 140 valence electrons. The standard InChI is InChI=1S/C17H27N3O4S/c1-7-12-11(19-16(22)24-17(4,5)6)9-20(12)15-18-10(3)13(25-15)14(21)23-8-2/h11-12H,7-9H2,1-6H3,(H,19,22)/t11-,12+/m1/s1. The van der Waals surface area contributed by atoms with Crippen molar-refractivity contribution in [1.82, 2.24) is 10.3 Å². The second kappa shape index (κ2) is 7.59. The highest BCUT2D eigenvalue weighted by atomic mass is 32.1. The molecule has 0 spiro atoms. The van der Waals surface area contributed by atoms with Gasteiger partial charge >= 0.3 is 12.1 Å². The maximum Gasteiger partial charge on any atom is 0.408 e. The molecule has 8 heteroatoms. The Morgan fingerprint density at radius 3 is 2.60 bits per heavy atom. The van der Waals surface area contributed by atoms with Crippen molar-refractivity contribution in [3.63, 3.8) is 0 Å². The summed E-state index contributed by atoms with van der Waals surface area (Å²) in [6.07, 6.45) is 0.450. The molecular formula is C17H27N3O4S. The molecule has 2 atom stereocenters. The summed E-state index contributed by atoms with van der Waals surface area (Å²) < 4.78 is 10.4. The molecule has 7 nitrogen and oxygen atoms in total. The Labute approximate surface area is 152 Å². The van der Waals surface area contributed by atoms with Crippen molar-refractivity contribution in [3.8, 4) is 0 Å². The number of hydrogen-bond acceptors (Lipinski definition) is 7. The molecule has 0 saturated carbocycles. The van der Waals surface area contributed by atoms with Crippen molar-refractivity contribution in [1.29, 1.82) is 0 Å². The van der Waals surface area contributed by atoms with Crippen molar-refractivity contribution in [2.24, 2.45) is 0 Å². The van der Waals surface area contributed by atoms with Crippen LogP contribution < -0.4 is 10.2 Å². The van der Waals surface area contributed by atoms with Crippen LogP contribution in [0.1, 0.15) is 56.4 Å². The summed E-state index contributed by atoms with van der Waals surface area (Å²) in [6.45, 7) is 12.2. The summed E-state index contributed by atoms with van der Waals surface area (Å²) in [5, 5.41) is 3.71. The number of thiazole rings is 1. The van der Waals surface area contributed by atoms with Crippen LogP contribution in [0, 0.1) is 6.92 Å². The van der Waals surface area contributed by atoms with Crippen LogP contribution in [0.15, 0.2) is 0 Å². The molecular weight excluding hydrogens is 342 g/mol. The van der Waals surface area contributed by atoms with E-state index in [1.165, 1.54) is 11.3 Å². The summed E-state index contributed by atoms with van der Waals surface area (Å²) in [7, 11) is 0. The lowest BCUT2D eigenvalue weighted by molar-refractivity contribution is 0.0476. The van der Waals surface area contributed by atoms with E-state index in [2.05, 4.69) is 22.1 Å². The molecule has 25 heavy (non-hydrogen) atoms. The molecule has 1 aliphatic heterocycles. The number of anilines is 1. The van der Waals surface area contributed by atoms with Gasteiger partial charge in [-0.25, -0.2) is 14.6 Å². The zero-order valence-electron chi connectivity index (χ0n) is 15.7. The Kier molecular flexibility index (Phi) is 5.92. The highest BCUT2D eigenvalue weighted by Gasteiger charge is 2.41. The predicted octanol–water partition coefficient (Wildman–Crippen LogP) is 3.12. The van der Waals surface area contributed by atoms with Crippen LogP contribution in [0.4, 0.5) is 9.93 Å². The van der Waals surface area contributed by atoms with E-state index in [4.69, 9.17) is 9.47 Å². The number of amides is 1. The number of nitrogens with zero attached hydrogens (tertiary/aromatic N) is 2. The van der Waals surface area contributed by atoms with Gasteiger partial charge in [-0.2, -0.15) is 0 Å². The highest BCUT2D eigenvalue weighted by molar-refractivity contribution is 7.17.